The van der Waals surface area contributed by atoms with Crippen LogP contribution in [0.1, 0.15) is 37.5 Å². The predicted octanol–water partition coefficient (Wildman–Crippen LogP) is 4.41. The molecule has 0 N–H and O–H groups in total. The van der Waals surface area contributed by atoms with Gasteiger partial charge in [-0.3, -0.25) is 4.79 Å². The monoisotopic (exact) mass is 258 g/mol. The summed E-state index contributed by atoms with van der Waals surface area (Å²) in [5.74, 6) is 0.234. The average molecular weight is 258 g/mol. The van der Waals surface area contributed by atoms with E-state index in [9.17, 15) is 4.79 Å². The first-order valence-corrected chi connectivity index (χ1v) is 7.01. The van der Waals surface area contributed by atoms with Crippen molar-refractivity contribution in [2.24, 2.45) is 0 Å². The Labute approximate surface area is 112 Å². The largest absolute Gasteiger partial charge is 0.293 e. The van der Waals surface area contributed by atoms with Crippen molar-refractivity contribution >= 4 is 17.1 Å². The van der Waals surface area contributed by atoms with Crippen molar-refractivity contribution in [3.05, 3.63) is 56.3 Å². The van der Waals surface area contributed by atoms with Gasteiger partial charge in [0.1, 0.15) is 0 Å². The fourth-order valence-electron chi connectivity index (χ4n) is 2.39. The quantitative estimate of drug-likeness (QED) is 0.745. The van der Waals surface area contributed by atoms with Gasteiger partial charge in [0.25, 0.3) is 0 Å². The molecule has 0 aliphatic carbocycles. The van der Waals surface area contributed by atoms with E-state index in [0.29, 0.717) is 6.42 Å². The third-order valence-electron chi connectivity index (χ3n) is 3.29. The third-order valence-corrected chi connectivity index (χ3v) is 4.35. The topological polar surface area (TPSA) is 17.1 Å². The van der Waals surface area contributed by atoms with Crippen LogP contribution in [0.5, 0.6) is 0 Å². The zero-order valence-corrected chi connectivity index (χ0v) is 12.1. The minimum Gasteiger partial charge on any atom is -0.293 e. The number of carbonyl (C=O) groups excluding carboxylic acids is 1. The van der Waals surface area contributed by atoms with Crippen molar-refractivity contribution in [2.45, 2.75) is 34.1 Å². The molecule has 2 heteroatoms. The van der Waals surface area contributed by atoms with Gasteiger partial charge in [-0.05, 0) is 61.4 Å². The average Bonchev–Trinajstić information content (AvgIpc) is 2.69. The van der Waals surface area contributed by atoms with E-state index in [2.05, 4.69) is 32.9 Å². The Hall–Kier alpha value is -1.41. The number of benzene rings is 1. The lowest BCUT2D eigenvalue weighted by Gasteiger charge is -2.10. The number of Topliss-reactive ketones (excluding diaryl/α,β-unsaturated/α-hetero) is 1. The van der Waals surface area contributed by atoms with Crippen molar-refractivity contribution < 1.29 is 4.79 Å². The predicted molar refractivity (Wildman–Crippen MR) is 77.7 cm³/mol. The second-order valence-electron chi connectivity index (χ2n) is 4.91. The molecule has 0 spiro atoms. The first kappa shape index (κ1) is 13.0. The Morgan fingerprint density at radius 2 is 1.67 bits per heavy atom. The number of hydrogen-bond acceptors (Lipinski definition) is 2. The molecular formula is C16H18OS. The number of hydrogen-bond donors (Lipinski definition) is 0. The van der Waals surface area contributed by atoms with E-state index in [0.717, 1.165) is 10.4 Å². The molecule has 1 nitrogen and oxygen atoms in total. The van der Waals surface area contributed by atoms with Crippen molar-refractivity contribution in [2.75, 3.05) is 0 Å². The maximum absolute atomic E-state index is 12.3. The summed E-state index contributed by atoms with van der Waals surface area (Å²) < 4.78 is 0. The molecule has 0 aliphatic heterocycles. The Balaban J connectivity index is 2.31. The molecule has 18 heavy (non-hydrogen) atoms. The van der Waals surface area contributed by atoms with Gasteiger partial charge in [0.15, 0.2) is 5.78 Å². The van der Waals surface area contributed by atoms with Gasteiger partial charge in [-0.15, -0.1) is 11.3 Å². The first-order chi connectivity index (χ1) is 8.49. The van der Waals surface area contributed by atoms with E-state index in [1.54, 1.807) is 11.3 Å². The van der Waals surface area contributed by atoms with Crippen molar-refractivity contribution in [3.8, 4) is 0 Å². The number of carbonyl (C=O) groups is 1. The lowest BCUT2D eigenvalue weighted by atomic mass is 9.95. The molecule has 0 bridgehead atoms. The van der Waals surface area contributed by atoms with Gasteiger partial charge in [-0.1, -0.05) is 17.7 Å². The Morgan fingerprint density at radius 1 is 1.06 bits per heavy atom. The molecule has 1 heterocycles. The summed E-state index contributed by atoms with van der Waals surface area (Å²) in [6, 6.07) is 6.31. The van der Waals surface area contributed by atoms with E-state index >= 15 is 0 Å². The molecule has 1 aromatic heterocycles. The molecule has 0 saturated carbocycles. The molecule has 0 aliphatic rings. The van der Waals surface area contributed by atoms with E-state index in [4.69, 9.17) is 0 Å². The third kappa shape index (κ3) is 2.54. The molecule has 94 valence electrons. The van der Waals surface area contributed by atoms with Gasteiger partial charge in [-0.25, -0.2) is 0 Å². The van der Waals surface area contributed by atoms with Gasteiger partial charge >= 0.3 is 0 Å². The number of rotatable bonds is 3. The van der Waals surface area contributed by atoms with Crippen molar-refractivity contribution in [1.29, 1.82) is 0 Å². The summed E-state index contributed by atoms with van der Waals surface area (Å²) in [6.07, 6.45) is 0.513. The van der Waals surface area contributed by atoms with E-state index in [-0.39, 0.29) is 5.78 Å². The maximum atomic E-state index is 12.3. The van der Waals surface area contributed by atoms with Gasteiger partial charge in [0, 0.05) is 6.42 Å². The molecule has 2 rings (SSSR count). The fraction of sp³-hybridized carbons (Fsp3) is 0.312. The van der Waals surface area contributed by atoms with Crippen molar-refractivity contribution in [1.82, 2.24) is 0 Å². The summed E-state index contributed by atoms with van der Waals surface area (Å²) >= 11 is 1.54. The van der Waals surface area contributed by atoms with Crippen molar-refractivity contribution in [3.63, 3.8) is 0 Å². The van der Waals surface area contributed by atoms with Gasteiger partial charge < -0.3 is 0 Å². The minimum absolute atomic E-state index is 0.234. The highest BCUT2D eigenvalue weighted by molar-refractivity contribution is 7.12. The molecule has 0 unspecified atom stereocenters. The Bertz CT molecular complexity index is 570. The second-order valence-corrected chi connectivity index (χ2v) is 5.83. The van der Waals surface area contributed by atoms with Crippen LogP contribution >= 0.6 is 11.3 Å². The van der Waals surface area contributed by atoms with Crippen LogP contribution in [-0.4, -0.2) is 5.78 Å². The lowest BCUT2D eigenvalue weighted by Crippen LogP contribution is -2.06. The standard InChI is InChI=1S/C16H18OS/c1-10-7-12(3)14(13(4)8-10)9-15(17)16-11(2)5-6-18-16/h5-8H,9H2,1-4H3. The highest BCUT2D eigenvalue weighted by atomic mass is 32.1. The molecule has 0 saturated heterocycles. The van der Waals surface area contributed by atoms with E-state index in [1.165, 1.54) is 22.3 Å². The molecule has 2 aromatic rings. The minimum atomic E-state index is 0.234. The summed E-state index contributed by atoms with van der Waals surface area (Å²) in [7, 11) is 0. The lowest BCUT2D eigenvalue weighted by molar-refractivity contribution is 0.0996. The first-order valence-electron chi connectivity index (χ1n) is 6.13. The normalized spacial score (nSPS) is 10.7. The van der Waals surface area contributed by atoms with Crippen LogP contribution in [0.25, 0.3) is 0 Å². The zero-order valence-electron chi connectivity index (χ0n) is 11.3. The Morgan fingerprint density at radius 3 is 2.17 bits per heavy atom. The van der Waals surface area contributed by atoms with Gasteiger partial charge in [-0.2, -0.15) is 0 Å². The molecular weight excluding hydrogens is 240 g/mol. The number of aryl methyl sites for hydroxylation is 4. The van der Waals surface area contributed by atoms with Crippen LogP contribution < -0.4 is 0 Å². The smallest absolute Gasteiger partial charge is 0.177 e. The molecule has 0 fully saturated rings. The van der Waals surface area contributed by atoms with Gasteiger partial charge in [0.05, 0.1) is 4.88 Å². The molecule has 0 atom stereocenters. The summed E-state index contributed by atoms with van der Waals surface area (Å²) in [6.45, 7) is 8.27. The van der Waals surface area contributed by atoms with Crippen LogP contribution in [0.3, 0.4) is 0 Å². The maximum Gasteiger partial charge on any atom is 0.177 e. The van der Waals surface area contributed by atoms with Crippen LogP contribution in [0, 0.1) is 27.7 Å². The number of ketones is 1. The Kier molecular flexibility index (Phi) is 3.67. The number of thiophene rings is 1. The highest BCUT2D eigenvalue weighted by Gasteiger charge is 2.14. The van der Waals surface area contributed by atoms with Crippen LogP contribution in [0.4, 0.5) is 0 Å². The highest BCUT2D eigenvalue weighted by Crippen LogP contribution is 2.22. The SMILES string of the molecule is Cc1cc(C)c(CC(=O)c2sccc2C)c(C)c1. The van der Waals surface area contributed by atoms with E-state index in [1.807, 2.05) is 18.4 Å². The van der Waals surface area contributed by atoms with E-state index < -0.39 is 0 Å². The molecule has 1 aromatic carbocycles. The summed E-state index contributed by atoms with van der Waals surface area (Å²) in [5.41, 5.74) is 5.96. The molecule has 0 amide bonds. The fourth-order valence-corrected chi connectivity index (χ4v) is 3.25. The summed E-state index contributed by atoms with van der Waals surface area (Å²) in [4.78, 5) is 13.2. The van der Waals surface area contributed by atoms with Crippen LogP contribution in [-0.2, 0) is 6.42 Å². The zero-order chi connectivity index (χ0) is 13.3. The summed E-state index contributed by atoms with van der Waals surface area (Å²) in [5, 5.41) is 1.98. The second kappa shape index (κ2) is 5.07. The van der Waals surface area contributed by atoms with Crippen LogP contribution in [0.2, 0.25) is 0 Å². The molecule has 0 radical (unpaired) electrons. The van der Waals surface area contributed by atoms with Gasteiger partial charge in [0.2, 0.25) is 0 Å². The van der Waals surface area contributed by atoms with Crippen LogP contribution in [0.15, 0.2) is 23.6 Å².